The zero-order valence-electron chi connectivity index (χ0n) is 10.0. The molecule has 18 heavy (non-hydrogen) atoms. The van der Waals surface area contributed by atoms with E-state index in [9.17, 15) is 9.50 Å². The summed E-state index contributed by atoms with van der Waals surface area (Å²) in [7, 11) is 0. The van der Waals surface area contributed by atoms with E-state index >= 15 is 0 Å². The van der Waals surface area contributed by atoms with Gasteiger partial charge in [0.1, 0.15) is 17.7 Å². The van der Waals surface area contributed by atoms with Gasteiger partial charge in [-0.25, -0.2) is 4.39 Å². The number of aliphatic hydroxyl groups is 1. The monoisotopic (exact) mass is 247 g/mol. The molecule has 0 bridgehead atoms. The molecular weight excluding hydrogens is 233 g/mol. The Kier molecular flexibility index (Phi) is 3.89. The molecule has 0 saturated carbocycles. The van der Waals surface area contributed by atoms with E-state index in [1.807, 2.05) is 6.92 Å². The van der Waals surface area contributed by atoms with Gasteiger partial charge in [0.15, 0.2) is 0 Å². The molecule has 1 unspecified atom stereocenters. The molecule has 1 aromatic heterocycles. The number of rotatable bonds is 4. The second-order valence-electron chi connectivity index (χ2n) is 3.84. The third kappa shape index (κ3) is 2.84. The van der Waals surface area contributed by atoms with Crippen LogP contribution in [0.5, 0.6) is 5.75 Å². The normalized spacial score (nSPS) is 12.2. The summed E-state index contributed by atoms with van der Waals surface area (Å²) in [4.78, 5) is 3.99. The fraction of sp³-hybridized carbons (Fsp3) is 0.214. The van der Waals surface area contributed by atoms with Crippen LogP contribution in [0.25, 0.3) is 0 Å². The molecule has 0 radical (unpaired) electrons. The molecule has 2 rings (SSSR count). The largest absolute Gasteiger partial charge is 0.492 e. The Hall–Kier alpha value is -1.94. The van der Waals surface area contributed by atoms with Gasteiger partial charge in [-0.3, -0.25) is 4.98 Å². The molecule has 94 valence electrons. The average molecular weight is 247 g/mol. The summed E-state index contributed by atoms with van der Waals surface area (Å²) in [5, 5.41) is 10.1. The van der Waals surface area contributed by atoms with Crippen LogP contribution in [0.15, 0.2) is 42.7 Å². The lowest BCUT2D eigenvalue weighted by Crippen LogP contribution is -2.02. The molecule has 1 heterocycles. The van der Waals surface area contributed by atoms with Crippen LogP contribution in [0.4, 0.5) is 4.39 Å². The highest BCUT2D eigenvalue weighted by Gasteiger charge is 2.12. The highest BCUT2D eigenvalue weighted by molar-refractivity contribution is 5.32. The van der Waals surface area contributed by atoms with Crippen molar-refractivity contribution in [3.05, 3.63) is 59.7 Å². The molecule has 0 aliphatic heterocycles. The van der Waals surface area contributed by atoms with Crippen molar-refractivity contribution in [2.75, 3.05) is 6.61 Å². The highest BCUT2D eigenvalue weighted by atomic mass is 19.1. The molecule has 3 nitrogen and oxygen atoms in total. The summed E-state index contributed by atoms with van der Waals surface area (Å²) in [5.41, 5.74) is 1.07. The van der Waals surface area contributed by atoms with Gasteiger partial charge in [-0.2, -0.15) is 0 Å². The van der Waals surface area contributed by atoms with Gasteiger partial charge >= 0.3 is 0 Å². The lowest BCUT2D eigenvalue weighted by Gasteiger charge is -2.12. The second kappa shape index (κ2) is 5.60. The number of hydrogen-bond donors (Lipinski definition) is 1. The van der Waals surface area contributed by atoms with E-state index in [-0.39, 0.29) is 5.82 Å². The molecule has 0 spiro atoms. The Morgan fingerprint density at radius 3 is 2.83 bits per heavy atom. The topological polar surface area (TPSA) is 42.4 Å². The summed E-state index contributed by atoms with van der Waals surface area (Å²) in [6, 6.07) is 7.57. The third-order valence-corrected chi connectivity index (χ3v) is 2.53. The Morgan fingerprint density at radius 1 is 1.28 bits per heavy atom. The van der Waals surface area contributed by atoms with Gasteiger partial charge in [-0.15, -0.1) is 0 Å². The molecule has 4 heteroatoms. The fourth-order valence-electron chi connectivity index (χ4n) is 1.70. The molecule has 0 fully saturated rings. The molecule has 1 N–H and O–H groups in total. The summed E-state index contributed by atoms with van der Waals surface area (Å²) in [6.45, 7) is 2.40. The molecular formula is C14H14FNO2. The minimum atomic E-state index is -0.909. The summed E-state index contributed by atoms with van der Waals surface area (Å²) >= 11 is 0. The van der Waals surface area contributed by atoms with E-state index in [0.717, 1.165) is 0 Å². The van der Waals surface area contributed by atoms with Crippen molar-refractivity contribution in [1.82, 2.24) is 4.98 Å². The van der Waals surface area contributed by atoms with Gasteiger partial charge < -0.3 is 9.84 Å². The predicted molar refractivity (Wildman–Crippen MR) is 65.9 cm³/mol. The second-order valence-corrected chi connectivity index (χ2v) is 3.84. The first-order chi connectivity index (χ1) is 8.70. The first-order valence-corrected chi connectivity index (χ1v) is 5.72. The summed E-state index contributed by atoms with van der Waals surface area (Å²) in [5.74, 6) is 0.214. The molecule has 2 aromatic rings. The van der Waals surface area contributed by atoms with Gasteiger partial charge in [0, 0.05) is 11.8 Å². The first-order valence-electron chi connectivity index (χ1n) is 5.72. The molecule has 1 atom stereocenters. The van der Waals surface area contributed by atoms with Crippen LogP contribution >= 0.6 is 0 Å². The van der Waals surface area contributed by atoms with E-state index < -0.39 is 6.10 Å². The van der Waals surface area contributed by atoms with Gasteiger partial charge in [0.25, 0.3) is 0 Å². The first kappa shape index (κ1) is 12.5. The van der Waals surface area contributed by atoms with E-state index in [0.29, 0.717) is 23.5 Å². The lowest BCUT2D eigenvalue weighted by atomic mass is 10.0. The SMILES string of the molecule is CCOc1cncc(C(O)c2cccc(F)c2)c1. The number of halogens is 1. The molecule has 0 saturated heterocycles. The number of aliphatic hydroxyl groups excluding tert-OH is 1. The maximum Gasteiger partial charge on any atom is 0.137 e. The van der Waals surface area contributed by atoms with Crippen LogP contribution in [0.1, 0.15) is 24.2 Å². The van der Waals surface area contributed by atoms with E-state index in [1.54, 1.807) is 24.4 Å². The Morgan fingerprint density at radius 2 is 2.11 bits per heavy atom. The molecule has 0 amide bonds. The number of pyridine rings is 1. The van der Waals surface area contributed by atoms with Crippen molar-refractivity contribution in [2.24, 2.45) is 0 Å². The van der Waals surface area contributed by atoms with Crippen LogP contribution in [-0.4, -0.2) is 16.7 Å². The van der Waals surface area contributed by atoms with Crippen LogP contribution in [-0.2, 0) is 0 Å². The minimum Gasteiger partial charge on any atom is -0.492 e. The van der Waals surface area contributed by atoms with Gasteiger partial charge in [0.05, 0.1) is 12.8 Å². The van der Waals surface area contributed by atoms with Crippen molar-refractivity contribution in [3.8, 4) is 5.75 Å². The Balaban J connectivity index is 2.27. The number of benzene rings is 1. The fourth-order valence-corrected chi connectivity index (χ4v) is 1.70. The number of ether oxygens (including phenoxy) is 1. The molecule has 0 aliphatic carbocycles. The lowest BCUT2D eigenvalue weighted by molar-refractivity contribution is 0.218. The van der Waals surface area contributed by atoms with Crippen LogP contribution in [0.2, 0.25) is 0 Å². The molecule has 1 aromatic carbocycles. The van der Waals surface area contributed by atoms with E-state index in [1.165, 1.54) is 18.3 Å². The Bertz CT molecular complexity index is 531. The highest BCUT2D eigenvalue weighted by Crippen LogP contribution is 2.24. The van der Waals surface area contributed by atoms with Crippen LogP contribution < -0.4 is 4.74 Å². The standard InChI is InChI=1S/C14H14FNO2/c1-2-18-13-7-11(8-16-9-13)14(17)10-4-3-5-12(15)6-10/h3-9,14,17H,2H2,1H3. The number of aromatic nitrogens is 1. The molecule has 0 aliphatic rings. The van der Waals surface area contributed by atoms with Crippen LogP contribution in [0, 0.1) is 5.82 Å². The summed E-state index contributed by atoms with van der Waals surface area (Å²) < 4.78 is 18.4. The van der Waals surface area contributed by atoms with Gasteiger partial charge in [-0.05, 0) is 30.7 Å². The average Bonchev–Trinajstić information content (AvgIpc) is 2.39. The maximum atomic E-state index is 13.1. The van der Waals surface area contributed by atoms with Crippen molar-refractivity contribution in [3.63, 3.8) is 0 Å². The summed E-state index contributed by atoms with van der Waals surface area (Å²) in [6.07, 6.45) is 2.21. The quantitative estimate of drug-likeness (QED) is 0.903. The number of nitrogens with zero attached hydrogens (tertiary/aromatic N) is 1. The van der Waals surface area contributed by atoms with Crippen molar-refractivity contribution in [2.45, 2.75) is 13.0 Å². The zero-order chi connectivity index (χ0) is 13.0. The smallest absolute Gasteiger partial charge is 0.137 e. The van der Waals surface area contributed by atoms with Crippen molar-refractivity contribution < 1.29 is 14.2 Å². The van der Waals surface area contributed by atoms with Gasteiger partial charge in [-0.1, -0.05) is 12.1 Å². The van der Waals surface area contributed by atoms with E-state index in [4.69, 9.17) is 4.74 Å². The van der Waals surface area contributed by atoms with Crippen LogP contribution in [0.3, 0.4) is 0 Å². The number of hydrogen-bond acceptors (Lipinski definition) is 3. The van der Waals surface area contributed by atoms with Crippen molar-refractivity contribution >= 4 is 0 Å². The van der Waals surface area contributed by atoms with E-state index in [2.05, 4.69) is 4.98 Å². The van der Waals surface area contributed by atoms with Gasteiger partial charge in [0.2, 0.25) is 0 Å². The minimum absolute atomic E-state index is 0.375. The Labute approximate surface area is 105 Å². The third-order valence-electron chi connectivity index (χ3n) is 2.53. The zero-order valence-corrected chi connectivity index (χ0v) is 10.0. The van der Waals surface area contributed by atoms with Crippen molar-refractivity contribution in [1.29, 1.82) is 0 Å². The predicted octanol–water partition coefficient (Wildman–Crippen LogP) is 2.70. The maximum absolute atomic E-state index is 13.1.